The Labute approximate surface area is 151 Å². The summed E-state index contributed by atoms with van der Waals surface area (Å²) in [7, 11) is 3.87. The first-order chi connectivity index (χ1) is 12.0. The van der Waals surface area contributed by atoms with Gasteiger partial charge in [0.05, 0.1) is 5.71 Å². The van der Waals surface area contributed by atoms with Crippen LogP contribution in [0.1, 0.15) is 47.7 Å². The van der Waals surface area contributed by atoms with Crippen molar-refractivity contribution in [1.29, 1.82) is 0 Å². The van der Waals surface area contributed by atoms with Crippen LogP contribution in [0.25, 0.3) is 0 Å². The zero-order chi connectivity index (χ0) is 18.0. The molecule has 0 amide bonds. The summed E-state index contributed by atoms with van der Waals surface area (Å²) in [5.41, 5.74) is 6.38. The first-order valence-corrected chi connectivity index (χ1v) is 8.96. The quantitative estimate of drug-likeness (QED) is 0.732. The van der Waals surface area contributed by atoms with Crippen LogP contribution in [0, 0.1) is 19.8 Å². The molecule has 3 rings (SSSR count). The third-order valence-electron chi connectivity index (χ3n) is 5.42. The van der Waals surface area contributed by atoms with Crippen LogP contribution in [-0.4, -0.2) is 24.8 Å². The van der Waals surface area contributed by atoms with Crippen molar-refractivity contribution in [2.24, 2.45) is 11.1 Å². The first kappa shape index (κ1) is 17.7. The Kier molecular flexibility index (Phi) is 5.24. The second kappa shape index (κ2) is 7.40. The van der Waals surface area contributed by atoms with E-state index in [1.165, 1.54) is 22.3 Å². The summed E-state index contributed by atoms with van der Waals surface area (Å²) in [6.07, 6.45) is 0.900. The Morgan fingerprint density at radius 1 is 0.920 bits per heavy atom. The Balaban J connectivity index is 2.01. The third kappa shape index (κ3) is 3.62. The molecule has 3 heteroatoms. The molecular weight excluding hydrogens is 308 g/mol. The molecule has 1 heterocycles. The van der Waals surface area contributed by atoms with Crippen molar-refractivity contribution in [2.45, 2.75) is 39.3 Å². The van der Waals surface area contributed by atoms with Crippen LogP contribution in [0.4, 0.5) is 0 Å². The van der Waals surface area contributed by atoms with E-state index < -0.39 is 0 Å². The molecule has 2 aromatic rings. The van der Waals surface area contributed by atoms with Gasteiger partial charge < -0.3 is 4.84 Å². The Bertz CT molecular complexity index is 734. The number of piperidine rings is 1. The topological polar surface area (TPSA) is 24.8 Å². The van der Waals surface area contributed by atoms with Crippen LogP contribution in [-0.2, 0) is 4.84 Å². The highest BCUT2D eigenvalue weighted by atomic mass is 16.6. The minimum absolute atomic E-state index is 0.287. The minimum Gasteiger partial charge on any atom is -0.399 e. The average Bonchev–Trinajstić information content (AvgIpc) is 2.60. The first-order valence-electron chi connectivity index (χ1n) is 8.96. The van der Waals surface area contributed by atoms with Gasteiger partial charge in [0.15, 0.2) is 0 Å². The van der Waals surface area contributed by atoms with Gasteiger partial charge in [-0.25, -0.2) is 0 Å². The van der Waals surface area contributed by atoms with E-state index in [1.807, 2.05) is 0 Å². The van der Waals surface area contributed by atoms with Crippen LogP contribution in [0.15, 0.2) is 53.7 Å². The highest BCUT2D eigenvalue weighted by Gasteiger charge is 2.38. The molecular formula is C22H28N2O. The molecule has 25 heavy (non-hydrogen) atoms. The number of aryl methyl sites for hydroxylation is 2. The van der Waals surface area contributed by atoms with Crippen molar-refractivity contribution in [3.8, 4) is 0 Å². The van der Waals surface area contributed by atoms with E-state index >= 15 is 0 Å². The number of likely N-dealkylation sites (tertiary alicyclic amines) is 1. The lowest BCUT2D eigenvalue weighted by Crippen LogP contribution is -2.42. The Hall–Kier alpha value is -2.13. The fourth-order valence-corrected chi connectivity index (χ4v) is 3.92. The van der Waals surface area contributed by atoms with Crippen molar-refractivity contribution in [3.05, 3.63) is 70.8 Å². The lowest BCUT2D eigenvalue weighted by atomic mass is 9.79. The van der Waals surface area contributed by atoms with Gasteiger partial charge in [-0.1, -0.05) is 71.7 Å². The maximum Gasteiger partial charge on any atom is 0.106 e. The zero-order valence-corrected chi connectivity index (χ0v) is 15.9. The normalized spacial score (nSPS) is 26.0. The van der Waals surface area contributed by atoms with Crippen LogP contribution < -0.4 is 0 Å². The molecule has 3 nitrogen and oxygen atoms in total. The number of benzene rings is 2. The van der Waals surface area contributed by atoms with Crippen molar-refractivity contribution in [2.75, 3.05) is 14.2 Å². The summed E-state index contributed by atoms with van der Waals surface area (Å²) in [6, 6.07) is 18.3. The van der Waals surface area contributed by atoms with Gasteiger partial charge in [-0.3, -0.25) is 4.90 Å². The number of hydrogen-bond acceptors (Lipinski definition) is 3. The fraction of sp³-hybridized carbons (Fsp3) is 0.409. The molecule has 1 aliphatic rings. The van der Waals surface area contributed by atoms with Gasteiger partial charge in [0.25, 0.3) is 0 Å². The van der Waals surface area contributed by atoms with Crippen molar-refractivity contribution < 1.29 is 4.84 Å². The lowest BCUT2D eigenvalue weighted by molar-refractivity contribution is 0.123. The van der Waals surface area contributed by atoms with Gasteiger partial charge in [-0.2, -0.15) is 0 Å². The summed E-state index contributed by atoms with van der Waals surface area (Å²) >= 11 is 0. The van der Waals surface area contributed by atoms with Crippen molar-refractivity contribution in [3.63, 3.8) is 0 Å². The molecule has 0 radical (unpaired) electrons. The van der Waals surface area contributed by atoms with E-state index in [4.69, 9.17) is 4.84 Å². The van der Waals surface area contributed by atoms with Gasteiger partial charge in [0.1, 0.15) is 7.11 Å². The van der Waals surface area contributed by atoms with Crippen LogP contribution >= 0.6 is 0 Å². The molecule has 2 aromatic carbocycles. The van der Waals surface area contributed by atoms with E-state index in [1.54, 1.807) is 7.11 Å². The molecule has 0 N–H and O–H groups in total. The predicted octanol–water partition coefficient (Wildman–Crippen LogP) is 5.06. The molecule has 0 unspecified atom stereocenters. The second-order valence-electron chi connectivity index (χ2n) is 7.21. The van der Waals surface area contributed by atoms with Crippen molar-refractivity contribution >= 4 is 5.71 Å². The summed E-state index contributed by atoms with van der Waals surface area (Å²) in [5, 5.41) is 4.38. The van der Waals surface area contributed by atoms with Crippen LogP contribution in [0.5, 0.6) is 0 Å². The molecule has 0 aromatic heterocycles. The van der Waals surface area contributed by atoms with Gasteiger partial charge >= 0.3 is 0 Å². The van der Waals surface area contributed by atoms with Crippen molar-refractivity contribution in [1.82, 2.24) is 4.90 Å². The van der Waals surface area contributed by atoms with Gasteiger partial charge in [0, 0.05) is 24.4 Å². The number of oxime groups is 1. The van der Waals surface area contributed by atoms with E-state index in [-0.39, 0.29) is 6.04 Å². The summed E-state index contributed by atoms with van der Waals surface area (Å²) in [5.74, 6) is 0.314. The van der Waals surface area contributed by atoms with Gasteiger partial charge in [0.2, 0.25) is 0 Å². The second-order valence-corrected chi connectivity index (χ2v) is 7.21. The standard InChI is InChI=1S/C22H28N2O/c1-15-6-10-18(11-7-15)21-14-20(23-25-5)17(3)22(24(21)4)19-12-8-16(2)9-13-19/h6-13,17,21-22H,14H2,1-5H3/b23-20+/t17-,21+,22-/m1/s1. The summed E-state index contributed by atoms with van der Waals surface area (Å²) < 4.78 is 0. The molecule has 0 bridgehead atoms. The van der Waals surface area contributed by atoms with E-state index in [0.717, 1.165) is 12.1 Å². The molecule has 0 saturated carbocycles. The lowest BCUT2D eigenvalue weighted by Gasteiger charge is -2.44. The molecule has 1 fully saturated rings. The fourth-order valence-electron chi connectivity index (χ4n) is 3.92. The molecule has 0 aliphatic carbocycles. The van der Waals surface area contributed by atoms with Crippen LogP contribution in [0.2, 0.25) is 0 Å². The average molecular weight is 336 g/mol. The molecule has 1 aliphatic heterocycles. The Morgan fingerprint density at radius 3 is 1.96 bits per heavy atom. The molecule has 1 saturated heterocycles. The summed E-state index contributed by atoms with van der Waals surface area (Å²) in [4.78, 5) is 7.66. The van der Waals surface area contributed by atoms with E-state index in [0.29, 0.717) is 12.0 Å². The smallest absolute Gasteiger partial charge is 0.106 e. The van der Waals surface area contributed by atoms with E-state index in [9.17, 15) is 0 Å². The monoisotopic (exact) mass is 336 g/mol. The maximum absolute atomic E-state index is 5.16. The molecule has 3 atom stereocenters. The SMILES string of the molecule is CO/N=C1\C[C@@H](c2ccc(C)cc2)N(C)[C@@H](c2ccc(C)cc2)[C@@H]1C. The largest absolute Gasteiger partial charge is 0.399 e. The predicted molar refractivity (Wildman–Crippen MR) is 104 cm³/mol. The highest BCUT2D eigenvalue weighted by molar-refractivity contribution is 5.88. The highest BCUT2D eigenvalue weighted by Crippen LogP contribution is 2.42. The number of nitrogens with zero attached hydrogens (tertiary/aromatic N) is 2. The van der Waals surface area contributed by atoms with Gasteiger partial charge in [-0.05, 0) is 32.0 Å². The zero-order valence-electron chi connectivity index (χ0n) is 15.9. The third-order valence-corrected chi connectivity index (χ3v) is 5.42. The number of hydrogen-bond donors (Lipinski definition) is 0. The van der Waals surface area contributed by atoms with E-state index in [2.05, 4.69) is 86.4 Å². The summed E-state index contributed by atoms with van der Waals surface area (Å²) in [6.45, 7) is 6.51. The minimum atomic E-state index is 0.287. The Morgan fingerprint density at radius 2 is 1.44 bits per heavy atom. The molecule has 132 valence electrons. The van der Waals surface area contributed by atoms with Crippen LogP contribution in [0.3, 0.4) is 0 Å². The van der Waals surface area contributed by atoms with Gasteiger partial charge in [-0.15, -0.1) is 0 Å². The maximum atomic E-state index is 5.16. The number of rotatable bonds is 3. The molecule has 0 spiro atoms.